The molecule has 1 fully saturated rings. The number of hydrogen-bond acceptors (Lipinski definition) is 6. The van der Waals surface area contributed by atoms with Crippen molar-refractivity contribution in [3.05, 3.63) is 58.6 Å². The van der Waals surface area contributed by atoms with Crippen LogP contribution in [0.3, 0.4) is 0 Å². The summed E-state index contributed by atoms with van der Waals surface area (Å²) in [5, 5.41) is 14.6. The minimum Gasteiger partial charge on any atom is -0.317 e. The first kappa shape index (κ1) is 20.4. The highest BCUT2D eigenvalue weighted by atomic mass is 35.5. The molecule has 0 unspecified atom stereocenters. The Kier molecular flexibility index (Phi) is 6.71. The number of rotatable bonds is 5. The van der Waals surface area contributed by atoms with Crippen molar-refractivity contribution in [2.45, 2.75) is 25.3 Å². The molecule has 3 aromatic rings. The van der Waals surface area contributed by atoms with E-state index in [0.29, 0.717) is 11.6 Å². The monoisotopic (exact) mass is 422 g/mol. The molecule has 1 aromatic carbocycles. The van der Waals surface area contributed by atoms with Gasteiger partial charge in [0.05, 0.1) is 12.2 Å². The average molecular weight is 423 g/mol. The fourth-order valence-corrected chi connectivity index (χ4v) is 3.93. The lowest BCUT2D eigenvalue weighted by atomic mass is 10.1. The molecule has 3 heterocycles. The molecular formula is C18H20ClFN6OS. The number of anilines is 1. The van der Waals surface area contributed by atoms with E-state index in [2.05, 4.69) is 25.9 Å². The van der Waals surface area contributed by atoms with Crippen molar-refractivity contribution in [1.29, 1.82) is 0 Å². The first-order valence-electron chi connectivity index (χ1n) is 8.80. The van der Waals surface area contributed by atoms with Crippen LogP contribution >= 0.6 is 23.7 Å². The summed E-state index contributed by atoms with van der Waals surface area (Å²) >= 11 is 1.36. The number of amides is 1. The molecule has 1 saturated heterocycles. The van der Waals surface area contributed by atoms with Gasteiger partial charge in [-0.2, -0.15) is 0 Å². The standard InChI is InChI=1S/C18H19FN6OS.ClH/c19-13-3-1-2-12(8-13)9-15-10-21-18(27-15)22-17(26)16-11-25(24-23-16)14-4-6-20-7-5-14;/h1-3,8,10-11,14,20H,4-7,9H2,(H,21,22,26);1H. The topological polar surface area (TPSA) is 84.7 Å². The number of piperidine rings is 1. The maximum atomic E-state index is 13.3. The lowest BCUT2D eigenvalue weighted by Gasteiger charge is -2.21. The third kappa shape index (κ3) is 4.92. The number of aromatic nitrogens is 4. The Morgan fingerprint density at radius 3 is 2.96 bits per heavy atom. The Balaban J connectivity index is 0.00000225. The first-order valence-corrected chi connectivity index (χ1v) is 9.62. The van der Waals surface area contributed by atoms with Gasteiger partial charge in [0.25, 0.3) is 5.91 Å². The molecule has 0 saturated carbocycles. The minimum absolute atomic E-state index is 0. The molecule has 1 aliphatic rings. The van der Waals surface area contributed by atoms with Crippen molar-refractivity contribution in [1.82, 2.24) is 25.3 Å². The van der Waals surface area contributed by atoms with Gasteiger partial charge in [-0.1, -0.05) is 17.3 Å². The van der Waals surface area contributed by atoms with Gasteiger partial charge in [-0.15, -0.1) is 28.8 Å². The van der Waals surface area contributed by atoms with Gasteiger partial charge < -0.3 is 5.32 Å². The predicted molar refractivity (Wildman–Crippen MR) is 108 cm³/mol. The number of benzene rings is 1. The van der Waals surface area contributed by atoms with Crippen LogP contribution in [0.25, 0.3) is 0 Å². The van der Waals surface area contributed by atoms with Gasteiger partial charge in [0.2, 0.25) is 0 Å². The molecule has 148 valence electrons. The van der Waals surface area contributed by atoms with Crippen molar-refractivity contribution in [2.75, 3.05) is 18.4 Å². The Morgan fingerprint density at radius 2 is 2.18 bits per heavy atom. The highest BCUT2D eigenvalue weighted by Gasteiger charge is 2.19. The molecule has 0 aliphatic carbocycles. The van der Waals surface area contributed by atoms with Crippen molar-refractivity contribution >= 4 is 34.8 Å². The van der Waals surface area contributed by atoms with Crippen LogP contribution in [-0.2, 0) is 6.42 Å². The average Bonchev–Trinajstić information content (AvgIpc) is 3.32. The molecular weight excluding hydrogens is 403 g/mol. The zero-order valence-electron chi connectivity index (χ0n) is 15.0. The maximum Gasteiger partial charge on any atom is 0.279 e. The van der Waals surface area contributed by atoms with Gasteiger partial charge in [-0.3, -0.25) is 10.1 Å². The van der Waals surface area contributed by atoms with Crippen LogP contribution in [0.1, 0.15) is 39.8 Å². The molecule has 1 amide bonds. The van der Waals surface area contributed by atoms with Crippen molar-refractivity contribution in [2.24, 2.45) is 0 Å². The smallest absolute Gasteiger partial charge is 0.279 e. The number of carbonyl (C=O) groups excluding carboxylic acids is 1. The molecule has 4 rings (SSSR count). The molecule has 10 heteroatoms. The van der Waals surface area contributed by atoms with Crippen LogP contribution < -0.4 is 10.6 Å². The number of carbonyl (C=O) groups is 1. The Hall–Kier alpha value is -2.36. The Morgan fingerprint density at radius 1 is 1.36 bits per heavy atom. The van der Waals surface area contributed by atoms with E-state index in [9.17, 15) is 9.18 Å². The van der Waals surface area contributed by atoms with Crippen molar-refractivity contribution in [3.8, 4) is 0 Å². The number of nitrogens with one attached hydrogen (secondary N) is 2. The third-order valence-corrected chi connectivity index (χ3v) is 5.38. The van der Waals surface area contributed by atoms with Crippen LogP contribution in [0.15, 0.2) is 36.7 Å². The second-order valence-electron chi connectivity index (χ2n) is 6.46. The molecule has 2 aromatic heterocycles. The predicted octanol–water partition coefficient (Wildman–Crippen LogP) is 3.06. The van der Waals surface area contributed by atoms with E-state index in [4.69, 9.17) is 0 Å². The normalized spacial score (nSPS) is 14.5. The molecule has 0 radical (unpaired) electrons. The highest BCUT2D eigenvalue weighted by Crippen LogP contribution is 2.22. The van der Waals surface area contributed by atoms with Gasteiger partial charge in [0.1, 0.15) is 5.82 Å². The zero-order valence-corrected chi connectivity index (χ0v) is 16.6. The molecule has 0 bridgehead atoms. The summed E-state index contributed by atoms with van der Waals surface area (Å²) in [6, 6.07) is 6.73. The van der Waals surface area contributed by atoms with Crippen LogP contribution in [0, 0.1) is 5.82 Å². The van der Waals surface area contributed by atoms with Crippen LogP contribution in [0.5, 0.6) is 0 Å². The second kappa shape index (κ2) is 9.22. The Bertz CT molecular complexity index is 940. The molecule has 2 N–H and O–H groups in total. The largest absolute Gasteiger partial charge is 0.317 e. The summed E-state index contributed by atoms with van der Waals surface area (Å²) in [6.07, 6.45) is 5.89. The van der Waals surface area contributed by atoms with Gasteiger partial charge >= 0.3 is 0 Å². The number of hydrogen-bond donors (Lipinski definition) is 2. The van der Waals surface area contributed by atoms with E-state index in [1.807, 2.05) is 6.07 Å². The second-order valence-corrected chi connectivity index (χ2v) is 7.57. The molecule has 0 spiro atoms. The van der Waals surface area contributed by atoms with Gasteiger partial charge in [0, 0.05) is 17.5 Å². The fourth-order valence-electron chi connectivity index (χ4n) is 3.09. The third-order valence-electron chi connectivity index (χ3n) is 4.47. The van der Waals surface area contributed by atoms with E-state index >= 15 is 0 Å². The number of halogens is 2. The van der Waals surface area contributed by atoms with Gasteiger partial charge in [0.15, 0.2) is 10.8 Å². The molecule has 0 atom stereocenters. The maximum absolute atomic E-state index is 13.3. The SMILES string of the molecule is Cl.O=C(Nc1ncc(Cc2cccc(F)c2)s1)c1cn(C2CCNCC2)nn1. The Labute approximate surface area is 171 Å². The van der Waals surface area contributed by atoms with Crippen LogP contribution in [-0.4, -0.2) is 39.0 Å². The first-order chi connectivity index (χ1) is 13.2. The molecule has 1 aliphatic heterocycles. The van der Waals surface area contributed by atoms with Gasteiger partial charge in [-0.05, 0) is 43.6 Å². The van der Waals surface area contributed by atoms with Crippen LogP contribution in [0.2, 0.25) is 0 Å². The minimum atomic E-state index is -0.332. The number of thiazole rings is 1. The molecule has 7 nitrogen and oxygen atoms in total. The van der Waals surface area contributed by atoms with E-state index in [1.54, 1.807) is 23.1 Å². The van der Waals surface area contributed by atoms with E-state index in [1.165, 1.54) is 23.5 Å². The summed E-state index contributed by atoms with van der Waals surface area (Å²) in [5.41, 5.74) is 1.14. The summed E-state index contributed by atoms with van der Waals surface area (Å²) in [6.45, 7) is 1.89. The van der Waals surface area contributed by atoms with E-state index in [-0.39, 0.29) is 35.9 Å². The van der Waals surface area contributed by atoms with E-state index in [0.717, 1.165) is 36.4 Å². The lowest BCUT2D eigenvalue weighted by molar-refractivity contribution is 0.102. The fraction of sp³-hybridized carbons (Fsp3) is 0.333. The lowest BCUT2D eigenvalue weighted by Crippen LogP contribution is -2.29. The highest BCUT2D eigenvalue weighted by molar-refractivity contribution is 7.15. The quantitative estimate of drug-likeness (QED) is 0.660. The van der Waals surface area contributed by atoms with E-state index < -0.39 is 0 Å². The van der Waals surface area contributed by atoms with Crippen LogP contribution in [0.4, 0.5) is 9.52 Å². The van der Waals surface area contributed by atoms with Gasteiger partial charge in [-0.25, -0.2) is 14.1 Å². The van der Waals surface area contributed by atoms with Crippen molar-refractivity contribution in [3.63, 3.8) is 0 Å². The zero-order chi connectivity index (χ0) is 18.6. The summed E-state index contributed by atoms with van der Waals surface area (Å²) in [7, 11) is 0. The number of nitrogens with zero attached hydrogens (tertiary/aromatic N) is 4. The summed E-state index contributed by atoms with van der Waals surface area (Å²) in [4.78, 5) is 17.6. The summed E-state index contributed by atoms with van der Waals surface area (Å²) < 4.78 is 15.1. The molecule has 28 heavy (non-hydrogen) atoms. The van der Waals surface area contributed by atoms with Crippen molar-refractivity contribution < 1.29 is 9.18 Å². The summed E-state index contributed by atoms with van der Waals surface area (Å²) in [5.74, 6) is -0.593.